The van der Waals surface area contributed by atoms with E-state index in [9.17, 15) is 18.4 Å². The summed E-state index contributed by atoms with van der Waals surface area (Å²) in [4.78, 5) is 29.3. The van der Waals surface area contributed by atoms with Crippen molar-refractivity contribution in [2.45, 2.75) is 19.3 Å². The Morgan fingerprint density at radius 1 is 1.33 bits per heavy atom. The molecule has 5 nitrogen and oxygen atoms in total. The van der Waals surface area contributed by atoms with Gasteiger partial charge in [0.1, 0.15) is 17.3 Å². The summed E-state index contributed by atoms with van der Waals surface area (Å²) in [5.41, 5.74) is -0.0619. The third kappa shape index (κ3) is 4.04. The van der Waals surface area contributed by atoms with Crippen molar-refractivity contribution >= 4 is 5.91 Å². The molecular weight excluding hydrogens is 316 g/mol. The molecule has 1 aromatic heterocycles. The van der Waals surface area contributed by atoms with E-state index in [1.165, 1.54) is 12.3 Å². The smallest absolute Gasteiger partial charge is 0.269 e. The molecule has 1 atom stereocenters. The number of halogens is 2. The third-order valence-corrected chi connectivity index (χ3v) is 4.20. The van der Waals surface area contributed by atoms with Crippen LogP contribution in [0.5, 0.6) is 0 Å². The van der Waals surface area contributed by atoms with E-state index >= 15 is 0 Å². The molecule has 1 unspecified atom stereocenters. The van der Waals surface area contributed by atoms with Gasteiger partial charge in [-0.3, -0.25) is 14.6 Å². The van der Waals surface area contributed by atoms with Gasteiger partial charge in [-0.1, -0.05) is 0 Å². The zero-order valence-electron chi connectivity index (χ0n) is 12.9. The Hall–Kier alpha value is -2.57. The second-order valence-corrected chi connectivity index (χ2v) is 6.06. The Labute approximate surface area is 137 Å². The Bertz CT molecular complexity index is 802. The lowest BCUT2D eigenvalue weighted by molar-refractivity contribution is 0.0939. The summed E-state index contributed by atoms with van der Waals surface area (Å²) in [6, 6.07) is 3.41. The number of aromatic nitrogens is 2. The van der Waals surface area contributed by atoms with E-state index in [1.54, 1.807) is 0 Å². The quantitative estimate of drug-likeness (QED) is 0.849. The molecule has 24 heavy (non-hydrogen) atoms. The third-order valence-electron chi connectivity index (χ3n) is 4.20. The molecule has 3 rings (SSSR count). The molecule has 2 N–H and O–H groups in total. The minimum absolute atomic E-state index is 0.0219. The van der Waals surface area contributed by atoms with E-state index in [4.69, 9.17) is 0 Å². The lowest BCUT2D eigenvalue weighted by Gasteiger charge is -2.17. The van der Waals surface area contributed by atoms with Crippen molar-refractivity contribution in [2.75, 3.05) is 6.54 Å². The molecule has 1 aliphatic rings. The van der Waals surface area contributed by atoms with Crippen LogP contribution in [0.1, 0.15) is 28.9 Å². The first-order chi connectivity index (χ1) is 11.5. The maximum Gasteiger partial charge on any atom is 0.269 e. The lowest BCUT2D eigenvalue weighted by atomic mass is 9.94. The predicted molar refractivity (Wildman–Crippen MR) is 83.5 cm³/mol. The molecule has 0 saturated heterocycles. The van der Waals surface area contributed by atoms with Gasteiger partial charge in [0, 0.05) is 6.54 Å². The fourth-order valence-electron chi connectivity index (χ4n) is 2.77. The molecule has 0 aliphatic heterocycles. The molecule has 1 heterocycles. The first-order valence-electron chi connectivity index (χ1n) is 7.79. The van der Waals surface area contributed by atoms with Crippen LogP contribution in [0.25, 0.3) is 0 Å². The van der Waals surface area contributed by atoms with E-state index in [-0.39, 0.29) is 11.6 Å². The van der Waals surface area contributed by atoms with Gasteiger partial charge < -0.3 is 10.3 Å². The van der Waals surface area contributed by atoms with Crippen molar-refractivity contribution in [1.82, 2.24) is 15.3 Å². The first kappa shape index (κ1) is 16.3. The number of amides is 1. The number of carbonyl (C=O) groups excluding carboxylic acids is 1. The largest absolute Gasteiger partial charge is 0.350 e. The van der Waals surface area contributed by atoms with Crippen LogP contribution < -0.4 is 10.9 Å². The van der Waals surface area contributed by atoms with Gasteiger partial charge in [0.25, 0.3) is 11.5 Å². The summed E-state index contributed by atoms with van der Waals surface area (Å²) in [6.07, 6.45) is 4.74. The number of hydrogen-bond donors (Lipinski definition) is 2. The van der Waals surface area contributed by atoms with E-state index in [0.717, 1.165) is 31.2 Å². The highest BCUT2D eigenvalue weighted by atomic mass is 19.1. The fraction of sp³-hybridized carbons (Fsp3) is 0.353. The summed E-state index contributed by atoms with van der Waals surface area (Å²) >= 11 is 0. The highest BCUT2D eigenvalue weighted by Crippen LogP contribution is 2.38. The monoisotopic (exact) mass is 333 g/mol. The number of nitrogens with one attached hydrogen (secondary N) is 2. The van der Waals surface area contributed by atoms with Crippen molar-refractivity contribution < 1.29 is 13.6 Å². The van der Waals surface area contributed by atoms with Gasteiger partial charge in [-0.15, -0.1) is 0 Å². The SMILES string of the molecule is O=C(NCC(Cc1cc(F)ccc1F)C1CC1)c1cncc(=O)[nH]1. The Morgan fingerprint density at radius 3 is 2.83 bits per heavy atom. The summed E-state index contributed by atoms with van der Waals surface area (Å²) in [7, 11) is 0. The summed E-state index contributed by atoms with van der Waals surface area (Å²) in [5.74, 6) is -0.942. The standard InChI is InChI=1S/C17H17F2N3O2/c18-13-3-4-14(19)11(6-13)5-12(10-1-2-10)7-21-17(24)15-8-20-9-16(23)22-15/h3-4,6,8-10,12H,1-2,5,7H2,(H,21,24)(H,22,23). The van der Waals surface area contributed by atoms with Crippen molar-refractivity contribution in [3.8, 4) is 0 Å². The predicted octanol–water partition coefficient (Wildman–Crippen LogP) is 2.05. The molecule has 1 aliphatic carbocycles. The average molecular weight is 333 g/mol. The zero-order chi connectivity index (χ0) is 17.1. The number of carbonyl (C=O) groups is 1. The molecule has 0 bridgehead atoms. The molecule has 0 spiro atoms. The first-order valence-corrected chi connectivity index (χ1v) is 7.79. The van der Waals surface area contributed by atoms with Crippen molar-refractivity contribution in [2.24, 2.45) is 11.8 Å². The molecular formula is C17H17F2N3O2. The second kappa shape index (κ2) is 6.90. The minimum Gasteiger partial charge on any atom is -0.350 e. The van der Waals surface area contributed by atoms with Crippen molar-refractivity contribution in [1.29, 1.82) is 0 Å². The Morgan fingerprint density at radius 2 is 2.12 bits per heavy atom. The van der Waals surface area contributed by atoms with E-state index in [2.05, 4.69) is 15.3 Å². The van der Waals surface area contributed by atoms with Crippen molar-refractivity contribution in [3.05, 3.63) is 63.8 Å². The fourth-order valence-corrected chi connectivity index (χ4v) is 2.77. The van der Waals surface area contributed by atoms with Crippen LogP contribution in [0.3, 0.4) is 0 Å². The van der Waals surface area contributed by atoms with E-state index in [1.807, 2.05) is 0 Å². The topological polar surface area (TPSA) is 74.8 Å². The van der Waals surface area contributed by atoms with Gasteiger partial charge in [0.2, 0.25) is 0 Å². The number of rotatable bonds is 6. The highest BCUT2D eigenvalue weighted by Gasteiger charge is 2.32. The molecule has 1 fully saturated rings. The van der Waals surface area contributed by atoms with Crippen LogP contribution in [0.4, 0.5) is 8.78 Å². The maximum atomic E-state index is 13.8. The van der Waals surface area contributed by atoms with Gasteiger partial charge >= 0.3 is 0 Å². The summed E-state index contributed by atoms with van der Waals surface area (Å²) in [5, 5.41) is 2.74. The summed E-state index contributed by atoms with van der Waals surface area (Å²) in [6.45, 7) is 0.330. The highest BCUT2D eigenvalue weighted by molar-refractivity contribution is 5.91. The van der Waals surface area contributed by atoms with Crippen LogP contribution >= 0.6 is 0 Å². The number of nitrogens with zero attached hydrogens (tertiary/aromatic N) is 1. The molecule has 0 radical (unpaired) electrons. The molecule has 126 valence electrons. The van der Waals surface area contributed by atoms with Gasteiger partial charge in [-0.05, 0) is 54.9 Å². The number of hydrogen-bond acceptors (Lipinski definition) is 3. The van der Waals surface area contributed by atoms with E-state index < -0.39 is 23.1 Å². The number of aromatic amines is 1. The molecule has 7 heteroatoms. The minimum atomic E-state index is -0.474. The summed E-state index contributed by atoms with van der Waals surface area (Å²) < 4.78 is 27.1. The van der Waals surface area contributed by atoms with Gasteiger partial charge in [-0.25, -0.2) is 8.78 Å². The van der Waals surface area contributed by atoms with E-state index in [0.29, 0.717) is 24.4 Å². The molecule has 1 amide bonds. The number of benzene rings is 1. The number of H-pyrrole nitrogens is 1. The van der Waals surface area contributed by atoms with Crippen LogP contribution in [-0.2, 0) is 6.42 Å². The average Bonchev–Trinajstić information content (AvgIpc) is 3.39. The zero-order valence-corrected chi connectivity index (χ0v) is 12.9. The molecule has 1 aromatic carbocycles. The molecule has 2 aromatic rings. The van der Waals surface area contributed by atoms with Crippen LogP contribution in [0.15, 0.2) is 35.4 Å². The van der Waals surface area contributed by atoms with Crippen molar-refractivity contribution in [3.63, 3.8) is 0 Å². The van der Waals surface area contributed by atoms with Crippen LogP contribution in [0.2, 0.25) is 0 Å². The molecule has 1 saturated carbocycles. The Kier molecular flexibility index (Phi) is 4.69. The van der Waals surface area contributed by atoms with Gasteiger partial charge in [0.15, 0.2) is 0 Å². The second-order valence-electron chi connectivity index (χ2n) is 6.06. The maximum absolute atomic E-state index is 13.8. The lowest BCUT2D eigenvalue weighted by Crippen LogP contribution is -2.32. The Balaban J connectivity index is 1.65. The van der Waals surface area contributed by atoms with Gasteiger partial charge in [0.05, 0.1) is 12.4 Å². The van der Waals surface area contributed by atoms with Crippen LogP contribution in [0, 0.1) is 23.5 Å². The van der Waals surface area contributed by atoms with Crippen LogP contribution in [-0.4, -0.2) is 22.4 Å². The van der Waals surface area contributed by atoms with Gasteiger partial charge in [-0.2, -0.15) is 0 Å². The normalized spacial score (nSPS) is 15.1.